The van der Waals surface area contributed by atoms with Crippen LogP contribution >= 0.6 is 0 Å². The number of ketones is 1. The Morgan fingerprint density at radius 1 is 1.03 bits per heavy atom. The Kier molecular flexibility index (Phi) is 6.14. The number of non-ortho nitro benzene ring substituents is 1. The van der Waals surface area contributed by atoms with Crippen molar-refractivity contribution < 1.29 is 14.5 Å². The van der Waals surface area contributed by atoms with Gasteiger partial charge in [-0.25, -0.2) is 0 Å². The second-order valence-corrected chi connectivity index (χ2v) is 9.35. The van der Waals surface area contributed by atoms with Crippen molar-refractivity contribution in [3.05, 3.63) is 111 Å². The minimum atomic E-state index is -0.567. The average molecular weight is 482 g/mol. The molecule has 7 nitrogen and oxygen atoms in total. The topological polar surface area (TPSA) is 92.6 Å². The molecule has 0 spiro atoms. The van der Waals surface area contributed by atoms with E-state index in [0.29, 0.717) is 18.4 Å². The zero-order valence-corrected chi connectivity index (χ0v) is 20.2. The molecule has 3 aromatic carbocycles. The highest BCUT2D eigenvalue weighted by Gasteiger charge is 2.41. The molecule has 0 fully saturated rings. The molecule has 36 heavy (non-hydrogen) atoms. The van der Waals surface area contributed by atoms with E-state index in [1.165, 1.54) is 6.07 Å². The highest BCUT2D eigenvalue weighted by Crippen LogP contribution is 2.47. The molecule has 2 aliphatic rings. The molecule has 0 radical (unpaired) electrons. The molecule has 1 aliphatic carbocycles. The molecule has 3 aromatic rings. The number of nitro benzene ring substituents is 1. The van der Waals surface area contributed by atoms with Gasteiger partial charge in [0.25, 0.3) is 5.69 Å². The van der Waals surface area contributed by atoms with Crippen LogP contribution in [0.25, 0.3) is 0 Å². The highest BCUT2D eigenvalue weighted by atomic mass is 16.6. The Morgan fingerprint density at radius 3 is 2.50 bits per heavy atom. The van der Waals surface area contributed by atoms with Crippen LogP contribution < -0.4 is 10.2 Å². The lowest BCUT2D eigenvalue weighted by Crippen LogP contribution is -2.38. The van der Waals surface area contributed by atoms with Gasteiger partial charge in [-0.3, -0.25) is 24.6 Å². The Balaban J connectivity index is 1.68. The van der Waals surface area contributed by atoms with Crippen LogP contribution in [0.4, 0.5) is 17.1 Å². The summed E-state index contributed by atoms with van der Waals surface area (Å²) in [4.78, 5) is 40.0. The van der Waals surface area contributed by atoms with Crippen LogP contribution in [0.1, 0.15) is 54.8 Å². The number of fused-ring (bicyclic) bond motifs is 1. The molecular formula is C29H27N3O4. The summed E-state index contributed by atoms with van der Waals surface area (Å²) < 4.78 is 0. The summed E-state index contributed by atoms with van der Waals surface area (Å²) in [7, 11) is 0. The predicted octanol–water partition coefficient (Wildman–Crippen LogP) is 6.21. The number of nitrogens with zero attached hydrogens (tertiary/aromatic N) is 2. The van der Waals surface area contributed by atoms with Crippen LogP contribution in [0.3, 0.4) is 0 Å². The molecule has 0 saturated carbocycles. The number of hydrogen-bond donors (Lipinski definition) is 1. The molecule has 1 N–H and O–H groups in total. The lowest BCUT2D eigenvalue weighted by Gasteiger charge is -2.35. The van der Waals surface area contributed by atoms with E-state index in [1.54, 1.807) is 17.0 Å². The van der Waals surface area contributed by atoms with Crippen molar-refractivity contribution in [1.82, 2.24) is 0 Å². The Labute approximate surface area is 209 Å². The van der Waals surface area contributed by atoms with Crippen molar-refractivity contribution >= 4 is 28.8 Å². The molecule has 1 amide bonds. The summed E-state index contributed by atoms with van der Waals surface area (Å²) in [6, 6.07) is 21.5. The van der Waals surface area contributed by atoms with E-state index in [0.717, 1.165) is 33.8 Å². The molecule has 0 bridgehead atoms. The third-order valence-electron chi connectivity index (χ3n) is 7.01. The van der Waals surface area contributed by atoms with Crippen LogP contribution in [0, 0.1) is 17.0 Å². The minimum Gasteiger partial charge on any atom is -0.357 e. The zero-order valence-electron chi connectivity index (χ0n) is 20.2. The number of benzene rings is 3. The fourth-order valence-corrected chi connectivity index (χ4v) is 5.23. The van der Waals surface area contributed by atoms with Crippen molar-refractivity contribution in [3.63, 3.8) is 0 Å². The van der Waals surface area contributed by atoms with Gasteiger partial charge in [-0.05, 0) is 42.5 Å². The lowest BCUT2D eigenvalue weighted by molar-refractivity contribution is -0.384. The van der Waals surface area contributed by atoms with Crippen LogP contribution in [0.15, 0.2) is 84.1 Å². The second-order valence-electron chi connectivity index (χ2n) is 9.35. The van der Waals surface area contributed by atoms with Crippen molar-refractivity contribution in [3.8, 4) is 0 Å². The first-order valence-corrected chi connectivity index (χ1v) is 12.1. The number of allylic oxidation sites excluding steroid dienone is 1. The molecule has 5 rings (SSSR count). The largest absolute Gasteiger partial charge is 0.357 e. The number of hydrogen-bond acceptors (Lipinski definition) is 5. The fourth-order valence-electron chi connectivity index (χ4n) is 5.23. The maximum atomic E-state index is 13.9. The molecule has 2 atom stereocenters. The Hall–Kier alpha value is -4.26. The van der Waals surface area contributed by atoms with Gasteiger partial charge in [-0.2, -0.15) is 0 Å². The molecule has 0 unspecified atom stereocenters. The summed E-state index contributed by atoms with van der Waals surface area (Å²) in [5, 5.41) is 14.8. The van der Waals surface area contributed by atoms with Crippen LogP contribution in [0.5, 0.6) is 0 Å². The summed E-state index contributed by atoms with van der Waals surface area (Å²) in [6.07, 6.45) is 1.02. The predicted molar refractivity (Wildman–Crippen MR) is 139 cm³/mol. The first-order chi connectivity index (χ1) is 17.4. The maximum Gasteiger partial charge on any atom is 0.269 e. The molecule has 0 aromatic heterocycles. The number of para-hydroxylation sites is 2. The number of anilines is 2. The van der Waals surface area contributed by atoms with Gasteiger partial charge in [0.15, 0.2) is 5.78 Å². The third kappa shape index (κ3) is 4.17. The van der Waals surface area contributed by atoms with E-state index < -0.39 is 11.0 Å². The monoisotopic (exact) mass is 481 g/mol. The van der Waals surface area contributed by atoms with Gasteiger partial charge in [0.1, 0.15) is 0 Å². The molecule has 1 heterocycles. The van der Waals surface area contributed by atoms with Gasteiger partial charge in [0.05, 0.1) is 22.3 Å². The number of rotatable bonds is 4. The van der Waals surface area contributed by atoms with Crippen molar-refractivity contribution in [1.29, 1.82) is 0 Å². The summed E-state index contributed by atoms with van der Waals surface area (Å²) in [5.41, 5.74) is 5.56. The normalized spacial score (nSPS) is 19.2. The summed E-state index contributed by atoms with van der Waals surface area (Å²) in [5.74, 6) is -0.340. The lowest BCUT2D eigenvalue weighted by atomic mass is 9.78. The summed E-state index contributed by atoms with van der Waals surface area (Å²) >= 11 is 0. The number of Topliss-reactive ketones (excluding diaryl/α,β-unsaturated/α-hetero) is 1. The average Bonchev–Trinajstić information content (AvgIpc) is 3.03. The van der Waals surface area contributed by atoms with Gasteiger partial charge in [-0.1, -0.05) is 61.0 Å². The minimum absolute atomic E-state index is 0.0103. The van der Waals surface area contributed by atoms with Crippen molar-refractivity contribution in [2.45, 2.75) is 45.1 Å². The van der Waals surface area contributed by atoms with E-state index in [9.17, 15) is 19.7 Å². The van der Waals surface area contributed by atoms with Crippen LogP contribution in [0.2, 0.25) is 0 Å². The van der Waals surface area contributed by atoms with Crippen molar-refractivity contribution in [2.75, 3.05) is 10.2 Å². The van der Waals surface area contributed by atoms with Gasteiger partial charge in [-0.15, -0.1) is 0 Å². The van der Waals surface area contributed by atoms with Crippen LogP contribution in [-0.4, -0.2) is 16.6 Å². The number of carbonyl (C=O) groups excluding carboxylic acids is 2. The van der Waals surface area contributed by atoms with E-state index in [1.807, 2.05) is 68.4 Å². The maximum absolute atomic E-state index is 13.9. The van der Waals surface area contributed by atoms with Gasteiger partial charge in [0, 0.05) is 36.2 Å². The standard InChI is InChI=1S/C29H27N3O4/c1-3-27(34)31-25-10-5-4-9-23(25)30-24-16-21(20-7-6-8-22(15-20)32(35)36)17-26(33)28(24)29(31)19-13-11-18(2)12-14-19/h4-15,21,29-30H,3,16-17H2,1-2H3/t21-,29+/m1/s1. The molecule has 182 valence electrons. The van der Waals surface area contributed by atoms with Gasteiger partial charge >= 0.3 is 0 Å². The number of nitrogens with one attached hydrogen (secondary N) is 1. The van der Waals surface area contributed by atoms with E-state index in [2.05, 4.69) is 5.32 Å². The van der Waals surface area contributed by atoms with E-state index >= 15 is 0 Å². The zero-order chi connectivity index (χ0) is 25.4. The smallest absolute Gasteiger partial charge is 0.269 e. The SMILES string of the molecule is CCC(=O)N1c2ccccc2NC2=C(C(=O)C[C@H](c3cccc([N+](=O)[O-])c3)C2)[C@@H]1c1ccc(C)cc1. The quantitative estimate of drug-likeness (QED) is 0.353. The van der Waals surface area contributed by atoms with E-state index in [4.69, 9.17) is 0 Å². The first kappa shape index (κ1) is 23.5. The fraction of sp³-hybridized carbons (Fsp3) is 0.241. The number of amides is 1. The Morgan fingerprint density at radius 2 is 1.78 bits per heavy atom. The molecular weight excluding hydrogens is 454 g/mol. The van der Waals surface area contributed by atoms with Crippen LogP contribution in [-0.2, 0) is 9.59 Å². The van der Waals surface area contributed by atoms with Crippen molar-refractivity contribution in [2.24, 2.45) is 0 Å². The molecule has 0 saturated heterocycles. The van der Waals surface area contributed by atoms with Gasteiger partial charge in [0.2, 0.25) is 5.91 Å². The van der Waals surface area contributed by atoms with E-state index in [-0.39, 0.29) is 29.7 Å². The second kappa shape index (κ2) is 9.41. The molecule has 1 aliphatic heterocycles. The highest BCUT2D eigenvalue weighted by molar-refractivity contribution is 6.06. The Bertz CT molecular complexity index is 1390. The first-order valence-electron chi connectivity index (χ1n) is 12.1. The summed E-state index contributed by atoms with van der Waals surface area (Å²) in [6.45, 7) is 3.83. The number of aryl methyl sites for hydroxylation is 1. The molecule has 7 heteroatoms. The van der Waals surface area contributed by atoms with Gasteiger partial charge < -0.3 is 5.32 Å². The number of carbonyl (C=O) groups is 2. The number of nitro groups is 1. The third-order valence-corrected chi connectivity index (χ3v) is 7.01.